The van der Waals surface area contributed by atoms with Gasteiger partial charge in [0.1, 0.15) is 0 Å². The fourth-order valence-corrected chi connectivity index (χ4v) is 2.29. The van der Waals surface area contributed by atoms with Crippen LogP contribution in [0.15, 0.2) is 42.5 Å². The lowest BCUT2D eigenvalue weighted by Gasteiger charge is -2.17. The van der Waals surface area contributed by atoms with E-state index in [1.165, 1.54) is 18.2 Å². The van der Waals surface area contributed by atoms with Crippen LogP contribution < -0.4 is 4.90 Å². The summed E-state index contributed by atoms with van der Waals surface area (Å²) in [5.41, 5.74) is -0.370. The molecule has 0 fully saturated rings. The van der Waals surface area contributed by atoms with E-state index in [1.807, 2.05) is 0 Å². The molecule has 116 valence electrons. The second kappa shape index (κ2) is 5.02. The van der Waals surface area contributed by atoms with E-state index in [0.717, 1.165) is 23.1 Å². The zero-order chi connectivity index (χ0) is 16.7. The fourth-order valence-electron chi connectivity index (χ4n) is 2.29. The maximum Gasteiger partial charge on any atom is 0.258 e. The van der Waals surface area contributed by atoms with Gasteiger partial charge in [0.15, 0.2) is 0 Å². The lowest BCUT2D eigenvalue weighted by atomic mass is 10.0. The summed E-state index contributed by atoms with van der Waals surface area (Å²) in [6, 6.07) is 6.70. The normalized spacial score (nSPS) is 13.8. The van der Waals surface area contributed by atoms with Crippen LogP contribution >= 0.6 is 0 Å². The molecule has 0 saturated carbocycles. The van der Waals surface area contributed by atoms with Gasteiger partial charge in [0.25, 0.3) is 11.8 Å². The van der Waals surface area contributed by atoms with Gasteiger partial charge < -0.3 is 15.4 Å². The molecule has 8 heteroatoms. The summed E-state index contributed by atoms with van der Waals surface area (Å²) >= 11 is 0. The third kappa shape index (κ3) is 2.13. The number of carbonyl (C=O) groups is 3. The van der Waals surface area contributed by atoms with Crippen molar-refractivity contribution >= 4 is 23.3 Å². The van der Waals surface area contributed by atoms with Crippen LogP contribution in [0.5, 0.6) is 11.8 Å². The number of ketones is 1. The second-order valence-corrected chi connectivity index (χ2v) is 4.74. The number of hydrogen-bond acceptors (Lipinski definition) is 6. The van der Waals surface area contributed by atoms with Crippen LogP contribution in [0, 0.1) is 0 Å². The predicted octanol–water partition coefficient (Wildman–Crippen LogP) is 0.797. The molecule has 0 unspecified atom stereocenters. The van der Waals surface area contributed by atoms with Crippen LogP contribution in [0.25, 0.3) is 0 Å². The van der Waals surface area contributed by atoms with Gasteiger partial charge in [0, 0.05) is 23.8 Å². The van der Waals surface area contributed by atoms with E-state index in [1.54, 1.807) is 6.07 Å². The summed E-state index contributed by atoms with van der Waals surface area (Å²) in [4.78, 5) is 37.0. The molecule has 0 saturated heterocycles. The van der Waals surface area contributed by atoms with Crippen LogP contribution in [0.3, 0.4) is 0 Å². The average Bonchev–Trinajstić information content (AvgIpc) is 3.00. The van der Waals surface area contributed by atoms with Crippen molar-refractivity contribution in [2.75, 3.05) is 4.90 Å². The highest BCUT2D eigenvalue weighted by Gasteiger charge is 2.30. The minimum atomic E-state index is -0.848. The van der Waals surface area contributed by atoms with Gasteiger partial charge in [-0.3, -0.25) is 14.4 Å². The largest absolute Gasteiger partial charge is 0.492 e. The molecule has 1 aliphatic rings. The standard InChI is InChI=1S/C15H10N2O6/c18-11-5-6-12(19)16(11)10-4-2-1-3-8(10)14(21)9-7-13(20)17(23)15(9)22/h1-7,20,22-23H. The maximum atomic E-state index is 12.6. The van der Waals surface area contributed by atoms with E-state index in [0.29, 0.717) is 0 Å². The number of aromatic hydroxyl groups is 2. The molecule has 0 radical (unpaired) electrons. The molecule has 2 aromatic rings. The van der Waals surface area contributed by atoms with Crippen molar-refractivity contribution in [3.8, 4) is 11.8 Å². The van der Waals surface area contributed by atoms with Crippen molar-refractivity contribution in [1.82, 2.24) is 4.73 Å². The van der Waals surface area contributed by atoms with Crippen LogP contribution in [-0.4, -0.2) is 37.7 Å². The Kier molecular flexibility index (Phi) is 3.14. The summed E-state index contributed by atoms with van der Waals surface area (Å²) in [6.45, 7) is 0. The van der Waals surface area contributed by atoms with Gasteiger partial charge >= 0.3 is 0 Å². The average molecular weight is 314 g/mol. The van der Waals surface area contributed by atoms with Crippen LogP contribution in [0.2, 0.25) is 0 Å². The van der Waals surface area contributed by atoms with Gasteiger partial charge in [-0.15, -0.1) is 4.73 Å². The number of anilines is 1. The number of aromatic nitrogens is 1. The molecule has 23 heavy (non-hydrogen) atoms. The Hall–Kier alpha value is -3.55. The van der Waals surface area contributed by atoms with Crippen LogP contribution in [-0.2, 0) is 9.59 Å². The number of rotatable bonds is 3. The molecule has 0 spiro atoms. The quantitative estimate of drug-likeness (QED) is 0.438. The lowest BCUT2D eigenvalue weighted by molar-refractivity contribution is -0.119. The van der Waals surface area contributed by atoms with Crippen molar-refractivity contribution in [2.24, 2.45) is 0 Å². The lowest BCUT2D eigenvalue weighted by Crippen LogP contribution is -2.31. The van der Waals surface area contributed by atoms with Gasteiger partial charge in [0.2, 0.25) is 17.5 Å². The zero-order valence-corrected chi connectivity index (χ0v) is 11.5. The van der Waals surface area contributed by atoms with E-state index >= 15 is 0 Å². The van der Waals surface area contributed by atoms with E-state index in [9.17, 15) is 29.8 Å². The number of nitrogens with zero attached hydrogens (tertiary/aromatic N) is 2. The third-order valence-electron chi connectivity index (χ3n) is 3.38. The first kappa shape index (κ1) is 14.4. The first-order valence-electron chi connectivity index (χ1n) is 6.44. The summed E-state index contributed by atoms with van der Waals surface area (Å²) < 4.78 is 0.0452. The van der Waals surface area contributed by atoms with E-state index < -0.39 is 29.4 Å². The fraction of sp³-hybridized carbons (Fsp3) is 0. The van der Waals surface area contributed by atoms with E-state index in [2.05, 4.69) is 0 Å². The van der Waals surface area contributed by atoms with Gasteiger partial charge in [-0.2, -0.15) is 0 Å². The van der Waals surface area contributed by atoms with E-state index in [4.69, 9.17) is 0 Å². The number of imide groups is 1. The highest BCUT2D eigenvalue weighted by atomic mass is 16.5. The molecule has 1 aromatic heterocycles. The zero-order valence-electron chi connectivity index (χ0n) is 11.5. The number of carbonyl (C=O) groups excluding carboxylic acids is 3. The molecule has 0 atom stereocenters. The second-order valence-electron chi connectivity index (χ2n) is 4.74. The molecule has 3 rings (SSSR count). The van der Waals surface area contributed by atoms with Gasteiger partial charge in [-0.05, 0) is 12.1 Å². The van der Waals surface area contributed by atoms with Gasteiger partial charge in [0.05, 0.1) is 11.3 Å². The molecule has 2 amide bonds. The van der Waals surface area contributed by atoms with E-state index in [-0.39, 0.29) is 21.5 Å². The smallest absolute Gasteiger partial charge is 0.258 e. The Morgan fingerprint density at radius 1 is 0.957 bits per heavy atom. The van der Waals surface area contributed by atoms with Crippen LogP contribution in [0.1, 0.15) is 15.9 Å². The Labute approximate surface area is 129 Å². The number of para-hydroxylation sites is 1. The van der Waals surface area contributed by atoms with Crippen molar-refractivity contribution in [3.05, 3.63) is 53.6 Å². The Balaban J connectivity index is 2.11. The molecular formula is C15H10N2O6. The SMILES string of the molecule is O=C(c1ccccc1N1C(=O)C=CC1=O)c1cc(O)n(O)c1O. The Morgan fingerprint density at radius 3 is 2.13 bits per heavy atom. The van der Waals surface area contributed by atoms with Gasteiger partial charge in [-0.25, -0.2) is 4.90 Å². The van der Waals surface area contributed by atoms with Crippen molar-refractivity contribution < 1.29 is 29.8 Å². The minimum absolute atomic E-state index is 0.0428. The Morgan fingerprint density at radius 2 is 1.57 bits per heavy atom. The molecule has 3 N–H and O–H groups in total. The summed E-state index contributed by atoms with van der Waals surface area (Å²) in [5, 5.41) is 28.4. The minimum Gasteiger partial charge on any atom is -0.492 e. The molecule has 1 aromatic carbocycles. The van der Waals surface area contributed by atoms with Crippen molar-refractivity contribution in [3.63, 3.8) is 0 Å². The molecule has 1 aliphatic heterocycles. The summed E-state index contributed by atoms with van der Waals surface area (Å²) in [7, 11) is 0. The molecule has 8 nitrogen and oxygen atoms in total. The first-order valence-corrected chi connectivity index (χ1v) is 6.44. The first-order chi connectivity index (χ1) is 10.9. The highest BCUT2D eigenvalue weighted by Crippen LogP contribution is 2.31. The maximum absolute atomic E-state index is 12.6. The number of amides is 2. The molecular weight excluding hydrogens is 304 g/mol. The molecule has 0 bridgehead atoms. The number of hydrogen-bond donors (Lipinski definition) is 3. The monoisotopic (exact) mass is 314 g/mol. The summed E-state index contributed by atoms with van der Waals surface area (Å²) in [5.74, 6) is -3.53. The summed E-state index contributed by atoms with van der Waals surface area (Å²) in [6.07, 6.45) is 2.16. The molecule has 2 heterocycles. The van der Waals surface area contributed by atoms with Crippen molar-refractivity contribution in [1.29, 1.82) is 0 Å². The highest BCUT2D eigenvalue weighted by molar-refractivity contribution is 6.30. The molecule has 0 aliphatic carbocycles. The van der Waals surface area contributed by atoms with Crippen LogP contribution in [0.4, 0.5) is 5.69 Å². The van der Waals surface area contributed by atoms with Crippen molar-refractivity contribution in [2.45, 2.75) is 0 Å². The third-order valence-corrected chi connectivity index (χ3v) is 3.38. The predicted molar refractivity (Wildman–Crippen MR) is 76.5 cm³/mol. The number of benzene rings is 1. The Bertz CT molecular complexity index is 862. The topological polar surface area (TPSA) is 120 Å². The van der Waals surface area contributed by atoms with Gasteiger partial charge in [-0.1, -0.05) is 12.1 Å².